The third-order valence-electron chi connectivity index (χ3n) is 3.04. The molecule has 2 heterocycles. The maximum Gasteiger partial charge on any atom is 0.0797 e. The van der Waals surface area contributed by atoms with Gasteiger partial charge in [-0.2, -0.15) is 0 Å². The zero-order valence-corrected chi connectivity index (χ0v) is 9.40. The summed E-state index contributed by atoms with van der Waals surface area (Å²) < 4.78 is 0. The lowest BCUT2D eigenvalue weighted by atomic mass is 10.00. The number of nitrogens with one attached hydrogen (secondary N) is 1. The zero-order chi connectivity index (χ0) is 8.67. The molecule has 0 bridgehead atoms. The highest BCUT2D eigenvalue weighted by molar-refractivity contribution is 7.10. The standard InChI is InChI=1S/C10H12N2S.ClH/c1-7(10-5-12-6-13-10)2-9-4-11-3-8(1)9;/h1,5-6,8-9,11H,2-4H2;1H. The number of fused-ring (bicyclic) bond motifs is 1. The Balaban J connectivity index is 0.000000750. The molecular weight excluding hydrogens is 216 g/mol. The smallest absolute Gasteiger partial charge is 0.0797 e. The maximum atomic E-state index is 4.12. The quantitative estimate of drug-likeness (QED) is 0.797. The number of hydrogen-bond acceptors (Lipinski definition) is 3. The Bertz CT molecular complexity index is 334. The van der Waals surface area contributed by atoms with Gasteiger partial charge in [-0.15, -0.1) is 23.7 Å². The maximum absolute atomic E-state index is 4.12. The molecule has 1 aliphatic heterocycles. The first-order chi connectivity index (χ1) is 6.43. The van der Waals surface area contributed by atoms with Crippen molar-refractivity contribution < 1.29 is 0 Å². The molecule has 0 radical (unpaired) electrons. The van der Waals surface area contributed by atoms with Crippen molar-refractivity contribution >= 4 is 29.3 Å². The van der Waals surface area contributed by atoms with Gasteiger partial charge in [0.2, 0.25) is 0 Å². The van der Waals surface area contributed by atoms with Gasteiger partial charge in [-0.3, -0.25) is 4.98 Å². The van der Waals surface area contributed by atoms with E-state index >= 15 is 0 Å². The number of halogens is 1. The molecular formula is C10H13ClN2S. The minimum absolute atomic E-state index is 0. The molecule has 1 aromatic rings. The molecule has 3 rings (SSSR count). The van der Waals surface area contributed by atoms with Gasteiger partial charge in [0.15, 0.2) is 0 Å². The predicted molar refractivity (Wildman–Crippen MR) is 61.8 cm³/mol. The van der Waals surface area contributed by atoms with Gasteiger partial charge in [0.1, 0.15) is 0 Å². The van der Waals surface area contributed by atoms with Crippen molar-refractivity contribution in [2.75, 3.05) is 13.1 Å². The van der Waals surface area contributed by atoms with E-state index in [1.165, 1.54) is 30.0 Å². The number of nitrogens with zero attached hydrogens (tertiary/aromatic N) is 1. The number of aromatic nitrogens is 1. The van der Waals surface area contributed by atoms with Gasteiger partial charge < -0.3 is 5.32 Å². The van der Waals surface area contributed by atoms with Crippen LogP contribution >= 0.6 is 23.7 Å². The summed E-state index contributed by atoms with van der Waals surface area (Å²) in [6.07, 6.45) is 5.68. The minimum Gasteiger partial charge on any atom is -0.316 e. The molecule has 1 aromatic heterocycles. The summed E-state index contributed by atoms with van der Waals surface area (Å²) in [5.41, 5.74) is 3.45. The lowest BCUT2D eigenvalue weighted by molar-refractivity contribution is 0.536. The lowest BCUT2D eigenvalue weighted by Crippen LogP contribution is -2.08. The molecule has 76 valence electrons. The van der Waals surface area contributed by atoms with Crippen molar-refractivity contribution in [2.24, 2.45) is 11.8 Å². The van der Waals surface area contributed by atoms with Crippen LogP contribution in [0.15, 0.2) is 17.8 Å². The Morgan fingerprint density at radius 3 is 3.07 bits per heavy atom. The first kappa shape index (κ1) is 10.1. The van der Waals surface area contributed by atoms with Gasteiger partial charge >= 0.3 is 0 Å². The second kappa shape index (κ2) is 4.01. The summed E-state index contributed by atoms with van der Waals surface area (Å²) in [6.45, 7) is 2.37. The number of hydrogen-bond donors (Lipinski definition) is 1. The van der Waals surface area contributed by atoms with Crippen LogP contribution < -0.4 is 5.32 Å². The van der Waals surface area contributed by atoms with Crippen LogP contribution in [0.25, 0.3) is 5.57 Å². The van der Waals surface area contributed by atoms with Crippen LogP contribution in [0.3, 0.4) is 0 Å². The Morgan fingerprint density at radius 1 is 1.43 bits per heavy atom. The zero-order valence-electron chi connectivity index (χ0n) is 7.77. The van der Waals surface area contributed by atoms with Crippen molar-refractivity contribution in [2.45, 2.75) is 6.42 Å². The fourth-order valence-electron chi connectivity index (χ4n) is 2.34. The Hall–Kier alpha value is -0.380. The minimum atomic E-state index is 0. The van der Waals surface area contributed by atoms with Gasteiger partial charge in [-0.1, -0.05) is 6.08 Å². The Kier molecular flexibility index (Phi) is 2.91. The summed E-state index contributed by atoms with van der Waals surface area (Å²) in [7, 11) is 0. The molecule has 0 amide bonds. The van der Waals surface area contributed by atoms with Gasteiger partial charge in [0.25, 0.3) is 0 Å². The fraction of sp³-hybridized carbons (Fsp3) is 0.500. The molecule has 2 atom stereocenters. The molecule has 0 saturated carbocycles. The molecule has 1 fully saturated rings. The van der Waals surface area contributed by atoms with E-state index in [-0.39, 0.29) is 12.4 Å². The molecule has 1 N–H and O–H groups in total. The van der Waals surface area contributed by atoms with Gasteiger partial charge in [-0.25, -0.2) is 0 Å². The van der Waals surface area contributed by atoms with Crippen molar-refractivity contribution in [1.29, 1.82) is 0 Å². The average Bonchev–Trinajstić information content (AvgIpc) is 2.78. The fourth-order valence-corrected chi connectivity index (χ4v) is 3.00. The van der Waals surface area contributed by atoms with E-state index in [0.717, 1.165) is 11.8 Å². The number of thiazole rings is 1. The van der Waals surface area contributed by atoms with E-state index < -0.39 is 0 Å². The first-order valence-corrected chi connectivity index (χ1v) is 5.62. The highest BCUT2D eigenvalue weighted by Gasteiger charge is 2.31. The van der Waals surface area contributed by atoms with Gasteiger partial charge in [0.05, 0.1) is 5.51 Å². The van der Waals surface area contributed by atoms with E-state index in [9.17, 15) is 0 Å². The molecule has 2 unspecified atom stereocenters. The summed E-state index contributed by atoms with van der Waals surface area (Å²) >= 11 is 1.76. The number of allylic oxidation sites excluding steroid dienone is 1. The summed E-state index contributed by atoms with van der Waals surface area (Å²) in [4.78, 5) is 5.49. The van der Waals surface area contributed by atoms with Gasteiger partial charge in [0, 0.05) is 17.6 Å². The average molecular weight is 229 g/mol. The van der Waals surface area contributed by atoms with Crippen LogP contribution in [0.4, 0.5) is 0 Å². The van der Waals surface area contributed by atoms with Gasteiger partial charge in [-0.05, 0) is 30.4 Å². The van der Waals surface area contributed by atoms with E-state index in [4.69, 9.17) is 0 Å². The summed E-state index contributed by atoms with van der Waals surface area (Å²) in [5, 5.41) is 3.43. The third kappa shape index (κ3) is 1.60. The molecule has 1 saturated heterocycles. The van der Waals surface area contributed by atoms with Crippen molar-refractivity contribution in [1.82, 2.24) is 10.3 Å². The van der Waals surface area contributed by atoms with Crippen LogP contribution in [0.2, 0.25) is 0 Å². The monoisotopic (exact) mass is 228 g/mol. The van der Waals surface area contributed by atoms with Crippen LogP contribution in [0.5, 0.6) is 0 Å². The predicted octanol–water partition coefficient (Wildman–Crippen LogP) is 2.19. The molecule has 0 spiro atoms. The van der Waals surface area contributed by atoms with Crippen molar-refractivity contribution in [3.63, 3.8) is 0 Å². The second-order valence-electron chi connectivity index (χ2n) is 3.84. The normalized spacial score (nSPS) is 29.6. The third-order valence-corrected chi connectivity index (χ3v) is 3.89. The number of rotatable bonds is 1. The summed E-state index contributed by atoms with van der Waals surface area (Å²) in [5.74, 6) is 1.65. The topological polar surface area (TPSA) is 24.9 Å². The Morgan fingerprint density at radius 2 is 2.36 bits per heavy atom. The van der Waals surface area contributed by atoms with Crippen molar-refractivity contribution in [3.8, 4) is 0 Å². The second-order valence-corrected chi connectivity index (χ2v) is 4.73. The molecule has 0 aromatic carbocycles. The first-order valence-electron chi connectivity index (χ1n) is 4.74. The molecule has 14 heavy (non-hydrogen) atoms. The largest absolute Gasteiger partial charge is 0.316 e. The van der Waals surface area contributed by atoms with Crippen LogP contribution in [0.1, 0.15) is 11.3 Å². The van der Waals surface area contributed by atoms with E-state index in [0.29, 0.717) is 0 Å². The molecule has 4 heteroatoms. The van der Waals surface area contributed by atoms with Crippen LogP contribution in [-0.4, -0.2) is 18.1 Å². The molecule has 2 aliphatic rings. The Labute approximate surface area is 93.8 Å². The van der Waals surface area contributed by atoms with E-state index in [1.807, 2.05) is 11.7 Å². The van der Waals surface area contributed by atoms with Crippen LogP contribution in [-0.2, 0) is 0 Å². The highest BCUT2D eigenvalue weighted by Crippen LogP contribution is 2.39. The van der Waals surface area contributed by atoms with E-state index in [2.05, 4.69) is 16.4 Å². The summed E-state index contributed by atoms with van der Waals surface area (Å²) in [6, 6.07) is 0. The highest BCUT2D eigenvalue weighted by atomic mass is 35.5. The van der Waals surface area contributed by atoms with E-state index in [1.54, 1.807) is 11.3 Å². The SMILES string of the molecule is C1=C(c2cncs2)CC2CNCC12.Cl. The molecule has 1 aliphatic carbocycles. The molecule has 2 nitrogen and oxygen atoms in total. The van der Waals surface area contributed by atoms with Crippen LogP contribution in [0, 0.1) is 11.8 Å². The van der Waals surface area contributed by atoms with Crippen molar-refractivity contribution in [3.05, 3.63) is 22.7 Å². The lowest BCUT2D eigenvalue weighted by Gasteiger charge is -2.04.